The van der Waals surface area contributed by atoms with Crippen molar-refractivity contribution in [1.82, 2.24) is 0 Å². The van der Waals surface area contributed by atoms with E-state index >= 15 is 0 Å². The molecule has 1 aromatic rings. The van der Waals surface area contributed by atoms with Crippen molar-refractivity contribution in [3.63, 3.8) is 0 Å². The number of aliphatic carboxylic acids is 1. The molecule has 1 atom stereocenters. The van der Waals surface area contributed by atoms with Crippen molar-refractivity contribution in [1.29, 1.82) is 0 Å². The summed E-state index contributed by atoms with van der Waals surface area (Å²) in [5, 5.41) is 14.4. The highest BCUT2D eigenvalue weighted by molar-refractivity contribution is 7.89. The summed E-state index contributed by atoms with van der Waals surface area (Å²) in [4.78, 5) is 24.8. The van der Waals surface area contributed by atoms with Crippen LogP contribution in [0, 0.1) is 5.41 Å². The van der Waals surface area contributed by atoms with E-state index in [9.17, 15) is 23.1 Å². The zero-order chi connectivity index (χ0) is 17.4. The van der Waals surface area contributed by atoms with Gasteiger partial charge in [0.1, 0.15) is 0 Å². The lowest BCUT2D eigenvalue weighted by Gasteiger charge is -2.23. The third kappa shape index (κ3) is 3.30. The Morgan fingerprint density at radius 3 is 2.52 bits per heavy atom. The maximum atomic E-state index is 12.0. The highest BCUT2D eigenvalue weighted by Gasteiger charge is 2.41. The Kier molecular flexibility index (Phi) is 4.36. The number of carboxylic acids is 1. The van der Waals surface area contributed by atoms with Crippen LogP contribution in [0.25, 0.3) is 0 Å². The standard InChI is InChI=1S/C14H18N2O6S/c1-14(13(18)19)5-6-16(8-14)11-4-3-9(23(15,20)21)7-10(11)12(17)22-2/h3-4,7H,5-6,8H2,1-2H3,(H,18,19)(H2,15,20,21). The quantitative estimate of drug-likeness (QED) is 0.759. The molecule has 1 unspecified atom stereocenters. The van der Waals surface area contributed by atoms with E-state index in [1.54, 1.807) is 11.8 Å². The van der Waals surface area contributed by atoms with Crippen molar-refractivity contribution in [2.45, 2.75) is 18.2 Å². The molecular formula is C14H18N2O6S. The van der Waals surface area contributed by atoms with Gasteiger partial charge in [-0.1, -0.05) is 0 Å². The number of nitrogens with two attached hydrogens (primary N) is 1. The number of benzene rings is 1. The largest absolute Gasteiger partial charge is 0.481 e. The van der Waals surface area contributed by atoms with Crippen molar-refractivity contribution in [3.05, 3.63) is 23.8 Å². The highest BCUT2D eigenvalue weighted by Crippen LogP contribution is 2.35. The van der Waals surface area contributed by atoms with Crippen LogP contribution in [0.15, 0.2) is 23.1 Å². The van der Waals surface area contributed by atoms with Gasteiger partial charge in [0, 0.05) is 13.1 Å². The number of hydrogen-bond donors (Lipinski definition) is 2. The maximum Gasteiger partial charge on any atom is 0.340 e. The lowest BCUT2D eigenvalue weighted by atomic mass is 9.90. The summed E-state index contributed by atoms with van der Waals surface area (Å²) in [5.74, 6) is -1.63. The predicted octanol–water partition coefficient (Wildman–Crippen LogP) is 0.422. The Balaban J connectivity index is 2.47. The summed E-state index contributed by atoms with van der Waals surface area (Å²) in [7, 11) is -2.78. The second-order valence-corrected chi connectivity index (χ2v) is 7.31. The number of anilines is 1. The molecule has 1 fully saturated rings. The monoisotopic (exact) mass is 342 g/mol. The second kappa shape index (κ2) is 5.82. The first kappa shape index (κ1) is 17.2. The van der Waals surface area contributed by atoms with Crippen LogP contribution in [0.2, 0.25) is 0 Å². The van der Waals surface area contributed by atoms with Gasteiger partial charge in [0.05, 0.1) is 28.7 Å². The number of esters is 1. The van der Waals surface area contributed by atoms with Gasteiger partial charge in [-0.15, -0.1) is 0 Å². The van der Waals surface area contributed by atoms with E-state index in [1.165, 1.54) is 19.2 Å². The van der Waals surface area contributed by atoms with E-state index in [2.05, 4.69) is 4.74 Å². The predicted molar refractivity (Wildman–Crippen MR) is 81.7 cm³/mol. The number of carbonyl (C=O) groups is 2. The molecule has 0 aliphatic carbocycles. The molecule has 126 valence electrons. The molecule has 1 saturated heterocycles. The first-order valence-corrected chi connectivity index (χ1v) is 8.36. The fraction of sp³-hybridized carbons (Fsp3) is 0.429. The van der Waals surface area contributed by atoms with Crippen LogP contribution >= 0.6 is 0 Å². The fourth-order valence-corrected chi connectivity index (χ4v) is 3.12. The summed E-state index contributed by atoms with van der Waals surface area (Å²) in [6.07, 6.45) is 0.417. The molecule has 1 aromatic carbocycles. The molecule has 0 saturated carbocycles. The van der Waals surface area contributed by atoms with Crippen LogP contribution in [-0.2, 0) is 19.6 Å². The summed E-state index contributed by atoms with van der Waals surface area (Å²) in [6, 6.07) is 3.88. The minimum atomic E-state index is -3.96. The summed E-state index contributed by atoms with van der Waals surface area (Å²) in [6.45, 7) is 2.27. The molecular weight excluding hydrogens is 324 g/mol. The number of sulfonamides is 1. The maximum absolute atomic E-state index is 12.0. The van der Waals surface area contributed by atoms with E-state index in [-0.39, 0.29) is 17.0 Å². The molecule has 9 heteroatoms. The number of ether oxygens (including phenoxy) is 1. The molecule has 0 bridgehead atoms. The van der Waals surface area contributed by atoms with E-state index in [0.717, 1.165) is 6.07 Å². The minimum Gasteiger partial charge on any atom is -0.481 e. The normalized spacial score (nSPS) is 21.3. The van der Waals surface area contributed by atoms with Gasteiger partial charge in [-0.2, -0.15) is 0 Å². The van der Waals surface area contributed by atoms with E-state index < -0.39 is 27.4 Å². The van der Waals surface area contributed by atoms with Gasteiger partial charge in [-0.05, 0) is 31.5 Å². The van der Waals surface area contributed by atoms with Crippen LogP contribution in [0.4, 0.5) is 5.69 Å². The van der Waals surface area contributed by atoms with Crippen LogP contribution in [0.1, 0.15) is 23.7 Å². The third-order valence-electron chi connectivity index (χ3n) is 4.03. The van der Waals surface area contributed by atoms with Crippen molar-refractivity contribution in [2.75, 3.05) is 25.1 Å². The summed E-state index contributed by atoms with van der Waals surface area (Å²) < 4.78 is 27.6. The Bertz CT molecular complexity index is 761. The lowest BCUT2D eigenvalue weighted by Crippen LogP contribution is -2.32. The number of hydrogen-bond acceptors (Lipinski definition) is 6. The van der Waals surface area contributed by atoms with E-state index in [1.807, 2.05) is 0 Å². The van der Waals surface area contributed by atoms with Crippen LogP contribution in [-0.4, -0.2) is 45.7 Å². The van der Waals surface area contributed by atoms with Gasteiger partial charge >= 0.3 is 11.9 Å². The van der Waals surface area contributed by atoms with Gasteiger partial charge in [0.15, 0.2) is 0 Å². The van der Waals surface area contributed by atoms with Gasteiger partial charge in [0.25, 0.3) is 0 Å². The second-order valence-electron chi connectivity index (χ2n) is 5.75. The van der Waals surface area contributed by atoms with E-state index in [4.69, 9.17) is 5.14 Å². The molecule has 3 N–H and O–H groups in total. The molecule has 0 aromatic heterocycles. The zero-order valence-electron chi connectivity index (χ0n) is 12.8. The minimum absolute atomic E-state index is 0.0358. The SMILES string of the molecule is COC(=O)c1cc(S(N)(=O)=O)ccc1N1CCC(C)(C(=O)O)C1. The number of primary sulfonamides is 1. The molecule has 1 aliphatic rings. The Morgan fingerprint density at radius 1 is 1.39 bits per heavy atom. The molecule has 1 aliphatic heterocycles. The zero-order valence-corrected chi connectivity index (χ0v) is 13.6. The Hall–Kier alpha value is -2.13. The average Bonchev–Trinajstić information content (AvgIpc) is 2.88. The van der Waals surface area contributed by atoms with Crippen molar-refractivity contribution in [3.8, 4) is 0 Å². The van der Waals surface area contributed by atoms with Crippen LogP contribution < -0.4 is 10.0 Å². The molecule has 23 heavy (non-hydrogen) atoms. The van der Waals surface area contributed by atoms with Gasteiger partial charge < -0.3 is 14.7 Å². The lowest BCUT2D eigenvalue weighted by molar-refractivity contribution is -0.146. The Morgan fingerprint density at radius 2 is 2.04 bits per heavy atom. The van der Waals surface area contributed by atoms with Crippen LogP contribution in [0.5, 0.6) is 0 Å². The third-order valence-corrected chi connectivity index (χ3v) is 4.94. The average molecular weight is 342 g/mol. The summed E-state index contributed by atoms with van der Waals surface area (Å²) >= 11 is 0. The van der Waals surface area contributed by atoms with E-state index in [0.29, 0.717) is 18.7 Å². The molecule has 0 radical (unpaired) electrons. The van der Waals surface area contributed by atoms with Crippen LogP contribution in [0.3, 0.4) is 0 Å². The Labute approximate surface area is 133 Å². The topological polar surface area (TPSA) is 127 Å². The highest BCUT2D eigenvalue weighted by atomic mass is 32.2. The molecule has 0 spiro atoms. The van der Waals surface area contributed by atoms with Crippen molar-refractivity contribution < 1.29 is 27.9 Å². The smallest absolute Gasteiger partial charge is 0.340 e. The first-order valence-electron chi connectivity index (χ1n) is 6.82. The molecule has 2 rings (SSSR count). The fourth-order valence-electron chi connectivity index (χ4n) is 2.58. The number of carboxylic acid groups (broad SMARTS) is 1. The van der Waals surface area contributed by atoms with Gasteiger partial charge in [0.2, 0.25) is 10.0 Å². The first-order chi connectivity index (χ1) is 10.6. The molecule has 1 heterocycles. The van der Waals surface area contributed by atoms with Gasteiger partial charge in [-0.25, -0.2) is 18.4 Å². The van der Waals surface area contributed by atoms with Crippen molar-refractivity contribution in [2.24, 2.45) is 10.6 Å². The summed E-state index contributed by atoms with van der Waals surface area (Å²) in [5.41, 5.74) is -0.464. The van der Waals surface area contributed by atoms with Gasteiger partial charge in [-0.3, -0.25) is 4.79 Å². The number of rotatable bonds is 4. The number of methoxy groups -OCH3 is 1. The number of nitrogens with zero attached hydrogens (tertiary/aromatic N) is 1. The van der Waals surface area contributed by atoms with Crippen molar-refractivity contribution >= 4 is 27.6 Å². The molecule has 0 amide bonds. The number of carbonyl (C=O) groups excluding carboxylic acids is 1. The molecule has 8 nitrogen and oxygen atoms in total.